The maximum atomic E-state index is 10.6. The van der Waals surface area contributed by atoms with Gasteiger partial charge in [0.05, 0.1) is 13.1 Å². The molecular formula is C19H21I2NO6. The van der Waals surface area contributed by atoms with Crippen LogP contribution in [0.4, 0.5) is 0 Å². The Hall–Kier alpha value is -1.60. The number of halogens is 2. The van der Waals surface area contributed by atoms with Crippen molar-refractivity contribution in [2.45, 2.75) is 25.8 Å². The molecule has 0 bridgehead atoms. The van der Waals surface area contributed by atoms with Crippen molar-refractivity contribution in [1.82, 2.24) is 0 Å². The lowest BCUT2D eigenvalue weighted by Crippen LogP contribution is -2.32. The number of rotatable bonds is 6. The van der Waals surface area contributed by atoms with E-state index in [1.807, 2.05) is 45.2 Å². The Morgan fingerprint density at radius 1 is 0.893 bits per heavy atom. The molecule has 0 saturated heterocycles. The number of phenolic OH excluding ortho intramolecular Hbond substituents is 2. The minimum absolute atomic E-state index is 0.193. The minimum atomic E-state index is -1.02. The number of carboxylic acids is 2. The van der Waals surface area contributed by atoms with Crippen molar-refractivity contribution < 1.29 is 30.0 Å². The summed E-state index contributed by atoms with van der Waals surface area (Å²) in [5, 5.41) is 35.8. The summed E-state index contributed by atoms with van der Waals surface area (Å²) in [6, 6.07) is 9.16. The van der Waals surface area contributed by atoms with Crippen LogP contribution < -0.4 is 5.73 Å². The summed E-state index contributed by atoms with van der Waals surface area (Å²) in [5.74, 6) is -1.79. The zero-order valence-corrected chi connectivity index (χ0v) is 19.3. The molecule has 0 spiro atoms. The van der Waals surface area contributed by atoms with E-state index in [2.05, 4.69) is 0 Å². The van der Waals surface area contributed by atoms with Gasteiger partial charge in [-0.3, -0.25) is 9.59 Å². The van der Waals surface area contributed by atoms with Crippen LogP contribution in [-0.2, 0) is 22.4 Å². The third kappa shape index (κ3) is 8.19. The molecule has 2 atom stereocenters. The average molecular weight is 613 g/mol. The summed E-state index contributed by atoms with van der Waals surface area (Å²) in [6.45, 7) is 1.67. The van der Waals surface area contributed by atoms with Gasteiger partial charge in [-0.1, -0.05) is 19.1 Å². The van der Waals surface area contributed by atoms with E-state index in [4.69, 9.17) is 15.9 Å². The standard InChI is InChI=1S/C10H11IO3.C9H10INO3/c1-6(10(13)14)4-7-2-3-9(12)8(11)5-7;10-6-3-5(1-2-8(6)12)4-7(11)9(13)14/h2-3,5-6,12H,4H2,1H3,(H,13,14);1-3,7,12H,4,11H2,(H,13,14)/t6-;7-/m00/s1. The van der Waals surface area contributed by atoms with Crippen molar-refractivity contribution >= 4 is 57.1 Å². The van der Waals surface area contributed by atoms with Gasteiger partial charge < -0.3 is 26.2 Å². The van der Waals surface area contributed by atoms with Crippen LogP contribution in [0.5, 0.6) is 11.5 Å². The van der Waals surface area contributed by atoms with Gasteiger partial charge in [0.1, 0.15) is 17.5 Å². The third-order valence-corrected chi connectivity index (χ3v) is 5.49. The maximum Gasteiger partial charge on any atom is 0.320 e. The van der Waals surface area contributed by atoms with E-state index in [0.29, 0.717) is 9.99 Å². The molecule has 2 aromatic rings. The average Bonchev–Trinajstić information content (AvgIpc) is 2.61. The van der Waals surface area contributed by atoms with Crippen molar-refractivity contribution in [3.63, 3.8) is 0 Å². The minimum Gasteiger partial charge on any atom is -0.507 e. The number of hydrogen-bond acceptors (Lipinski definition) is 5. The van der Waals surface area contributed by atoms with E-state index in [9.17, 15) is 19.8 Å². The van der Waals surface area contributed by atoms with Gasteiger partial charge in [-0.05, 0) is 93.4 Å². The molecule has 0 amide bonds. The number of carbonyl (C=O) groups is 2. The van der Waals surface area contributed by atoms with E-state index >= 15 is 0 Å². The molecule has 0 aliphatic heterocycles. The van der Waals surface area contributed by atoms with E-state index in [0.717, 1.165) is 14.7 Å². The van der Waals surface area contributed by atoms with E-state index < -0.39 is 23.9 Å². The van der Waals surface area contributed by atoms with Gasteiger partial charge >= 0.3 is 11.9 Å². The highest BCUT2D eigenvalue weighted by molar-refractivity contribution is 14.1. The molecule has 0 fully saturated rings. The zero-order chi connectivity index (χ0) is 21.4. The number of aliphatic carboxylic acids is 2. The lowest BCUT2D eigenvalue weighted by molar-refractivity contribution is -0.141. The van der Waals surface area contributed by atoms with Gasteiger partial charge in [0.2, 0.25) is 0 Å². The smallest absolute Gasteiger partial charge is 0.320 e. The summed E-state index contributed by atoms with van der Waals surface area (Å²) in [7, 11) is 0. The quantitative estimate of drug-likeness (QED) is 0.316. The zero-order valence-electron chi connectivity index (χ0n) is 15.0. The fraction of sp³-hybridized carbons (Fsp3) is 0.263. The summed E-state index contributed by atoms with van der Waals surface area (Å²) in [4.78, 5) is 21.1. The Morgan fingerprint density at radius 2 is 1.32 bits per heavy atom. The van der Waals surface area contributed by atoms with Crippen LogP contribution in [-0.4, -0.2) is 38.4 Å². The van der Waals surface area contributed by atoms with Crippen LogP contribution in [0.2, 0.25) is 0 Å². The molecule has 0 heterocycles. The topological polar surface area (TPSA) is 141 Å². The highest BCUT2D eigenvalue weighted by Gasteiger charge is 2.13. The van der Waals surface area contributed by atoms with Crippen molar-refractivity contribution in [2.75, 3.05) is 0 Å². The van der Waals surface area contributed by atoms with Crippen molar-refractivity contribution in [3.05, 3.63) is 54.7 Å². The molecule has 9 heteroatoms. The Morgan fingerprint density at radius 3 is 1.68 bits per heavy atom. The Balaban J connectivity index is 0.000000280. The lowest BCUT2D eigenvalue weighted by atomic mass is 10.0. The van der Waals surface area contributed by atoms with Gasteiger partial charge in [0.15, 0.2) is 0 Å². The molecule has 7 nitrogen and oxygen atoms in total. The largest absolute Gasteiger partial charge is 0.507 e. The summed E-state index contributed by atoms with van der Waals surface area (Å²) in [6.07, 6.45) is 0.761. The number of nitrogens with two attached hydrogens (primary N) is 1. The first-order valence-corrected chi connectivity index (χ1v) is 10.3. The first-order chi connectivity index (χ1) is 13.0. The van der Waals surface area contributed by atoms with Gasteiger partial charge in [0, 0.05) is 0 Å². The predicted molar refractivity (Wildman–Crippen MR) is 121 cm³/mol. The second-order valence-electron chi connectivity index (χ2n) is 6.16. The Kier molecular flexibility index (Phi) is 9.96. The molecule has 0 aliphatic rings. The highest BCUT2D eigenvalue weighted by atomic mass is 127. The number of phenols is 2. The maximum absolute atomic E-state index is 10.6. The first-order valence-electron chi connectivity index (χ1n) is 8.17. The molecule has 2 aromatic carbocycles. The summed E-state index contributed by atoms with van der Waals surface area (Å²) >= 11 is 3.99. The lowest BCUT2D eigenvalue weighted by Gasteiger charge is -2.07. The molecule has 0 saturated carbocycles. The SMILES string of the molecule is C[C@@H](Cc1ccc(O)c(I)c1)C(=O)O.N[C@@H](Cc1ccc(O)c(I)c1)C(=O)O. The van der Waals surface area contributed by atoms with Gasteiger partial charge in [-0.25, -0.2) is 0 Å². The van der Waals surface area contributed by atoms with Crippen molar-refractivity contribution in [2.24, 2.45) is 11.7 Å². The van der Waals surface area contributed by atoms with Crippen molar-refractivity contribution in [3.8, 4) is 11.5 Å². The fourth-order valence-corrected chi connectivity index (χ4v) is 3.30. The predicted octanol–water partition coefficient (Wildman–Crippen LogP) is 3.21. The number of aromatic hydroxyl groups is 2. The van der Waals surface area contributed by atoms with Crippen LogP contribution in [0.25, 0.3) is 0 Å². The summed E-state index contributed by atoms with van der Waals surface area (Å²) < 4.78 is 1.44. The van der Waals surface area contributed by atoms with Crippen LogP contribution in [0, 0.1) is 13.1 Å². The van der Waals surface area contributed by atoms with Crippen LogP contribution >= 0.6 is 45.2 Å². The molecular weight excluding hydrogens is 592 g/mol. The number of benzene rings is 2. The molecule has 152 valence electrons. The third-order valence-electron chi connectivity index (χ3n) is 3.76. The van der Waals surface area contributed by atoms with Crippen LogP contribution in [0.1, 0.15) is 18.1 Å². The van der Waals surface area contributed by atoms with Crippen LogP contribution in [0.3, 0.4) is 0 Å². The van der Waals surface area contributed by atoms with E-state index in [1.165, 1.54) is 6.07 Å². The Labute approximate surface area is 189 Å². The molecule has 0 radical (unpaired) electrons. The van der Waals surface area contributed by atoms with E-state index in [1.54, 1.807) is 37.3 Å². The molecule has 0 aromatic heterocycles. The molecule has 6 N–H and O–H groups in total. The van der Waals surface area contributed by atoms with Crippen molar-refractivity contribution in [1.29, 1.82) is 0 Å². The molecule has 0 unspecified atom stereocenters. The van der Waals surface area contributed by atoms with Gasteiger partial charge in [-0.15, -0.1) is 0 Å². The van der Waals surface area contributed by atoms with Gasteiger partial charge in [-0.2, -0.15) is 0 Å². The number of carboxylic acid groups (broad SMARTS) is 2. The molecule has 0 aliphatic carbocycles. The normalized spacial score (nSPS) is 12.4. The van der Waals surface area contributed by atoms with Crippen LogP contribution in [0.15, 0.2) is 36.4 Å². The monoisotopic (exact) mass is 613 g/mol. The summed E-state index contributed by atoms with van der Waals surface area (Å²) in [5.41, 5.74) is 7.11. The molecule has 28 heavy (non-hydrogen) atoms. The second-order valence-corrected chi connectivity index (χ2v) is 8.49. The number of hydrogen-bond donors (Lipinski definition) is 5. The second kappa shape index (κ2) is 11.4. The Bertz CT molecular complexity index is 774. The molecule has 2 rings (SSSR count). The first kappa shape index (κ1) is 24.4. The fourth-order valence-electron chi connectivity index (χ4n) is 2.14. The highest BCUT2D eigenvalue weighted by Crippen LogP contribution is 2.22. The van der Waals surface area contributed by atoms with E-state index in [-0.39, 0.29) is 17.9 Å². The van der Waals surface area contributed by atoms with Gasteiger partial charge in [0.25, 0.3) is 0 Å².